The number of alkyl halides is 6. The molecule has 0 saturated heterocycles. The van der Waals surface area contributed by atoms with Gasteiger partial charge in [-0.1, -0.05) is 6.07 Å². The molecule has 1 aliphatic carbocycles. The Morgan fingerprint density at radius 1 is 0.963 bits per heavy atom. The number of carbonyl (C=O) groups excluding carboxylic acids is 2. The molecule has 1 fully saturated rings. The Morgan fingerprint density at radius 3 is 1.96 bits per heavy atom. The molecule has 27 heavy (non-hydrogen) atoms. The number of hydrogen-bond donors (Lipinski definition) is 1. The molecule has 1 aromatic carbocycles. The third kappa shape index (κ3) is 5.36. The first-order valence-corrected chi connectivity index (χ1v) is 8.04. The van der Waals surface area contributed by atoms with Crippen LogP contribution in [0.3, 0.4) is 0 Å². The van der Waals surface area contributed by atoms with Crippen LogP contribution in [0.4, 0.5) is 26.3 Å². The van der Waals surface area contributed by atoms with Gasteiger partial charge in [-0.15, -0.1) is 0 Å². The molecular formula is C17H17F6NO3. The van der Waals surface area contributed by atoms with Crippen molar-refractivity contribution in [1.29, 1.82) is 0 Å². The maximum absolute atomic E-state index is 13.0. The van der Waals surface area contributed by atoms with Crippen LogP contribution in [0, 0.1) is 11.8 Å². The molecule has 3 atom stereocenters. The third-order valence-electron chi connectivity index (χ3n) is 4.51. The summed E-state index contributed by atoms with van der Waals surface area (Å²) in [5, 5.41) is 2.23. The number of rotatable bonds is 3. The Balaban J connectivity index is 2.16. The molecule has 0 radical (unpaired) electrons. The van der Waals surface area contributed by atoms with Gasteiger partial charge in [0.25, 0.3) is 5.91 Å². The number of esters is 1. The zero-order valence-corrected chi connectivity index (χ0v) is 14.2. The Labute approximate surface area is 150 Å². The smallest absolute Gasteiger partial charge is 0.391 e. The number of benzene rings is 1. The number of hydrogen-bond acceptors (Lipinski definition) is 3. The third-order valence-corrected chi connectivity index (χ3v) is 4.51. The fourth-order valence-electron chi connectivity index (χ4n) is 3.15. The lowest BCUT2D eigenvalue weighted by Crippen LogP contribution is -2.47. The molecule has 1 aliphatic rings. The second-order valence-corrected chi connectivity index (χ2v) is 6.43. The molecule has 10 heteroatoms. The lowest BCUT2D eigenvalue weighted by Gasteiger charge is -2.37. The summed E-state index contributed by atoms with van der Waals surface area (Å²) in [5.74, 6) is -5.87. The molecule has 0 bridgehead atoms. The lowest BCUT2D eigenvalue weighted by atomic mass is 9.77. The van der Waals surface area contributed by atoms with Crippen molar-refractivity contribution in [3.8, 4) is 0 Å². The number of amides is 1. The van der Waals surface area contributed by atoms with E-state index >= 15 is 0 Å². The highest BCUT2D eigenvalue weighted by molar-refractivity contribution is 5.98. The van der Waals surface area contributed by atoms with E-state index < -0.39 is 61.4 Å². The van der Waals surface area contributed by atoms with Gasteiger partial charge < -0.3 is 10.1 Å². The minimum atomic E-state index is -4.78. The van der Waals surface area contributed by atoms with E-state index in [0.29, 0.717) is 0 Å². The van der Waals surface area contributed by atoms with Crippen LogP contribution in [0.15, 0.2) is 24.3 Å². The summed E-state index contributed by atoms with van der Waals surface area (Å²) in [5.41, 5.74) is -0.0225. The van der Waals surface area contributed by atoms with Crippen LogP contribution in [-0.2, 0) is 4.74 Å². The number of carbonyl (C=O) groups is 2. The highest BCUT2D eigenvalue weighted by Gasteiger charge is 2.52. The molecule has 1 aromatic rings. The van der Waals surface area contributed by atoms with Gasteiger partial charge in [0.15, 0.2) is 0 Å². The van der Waals surface area contributed by atoms with Crippen LogP contribution in [0.5, 0.6) is 0 Å². The van der Waals surface area contributed by atoms with Crippen LogP contribution in [-0.4, -0.2) is 37.4 Å². The first-order chi connectivity index (χ1) is 12.4. The first-order valence-electron chi connectivity index (χ1n) is 8.04. The van der Waals surface area contributed by atoms with Crippen molar-refractivity contribution in [2.45, 2.75) is 37.7 Å². The van der Waals surface area contributed by atoms with E-state index in [4.69, 9.17) is 0 Å². The van der Waals surface area contributed by atoms with E-state index in [9.17, 15) is 35.9 Å². The topological polar surface area (TPSA) is 55.4 Å². The second kappa shape index (κ2) is 7.77. The molecule has 0 aromatic heterocycles. The molecule has 1 saturated carbocycles. The summed E-state index contributed by atoms with van der Waals surface area (Å²) in [4.78, 5) is 23.7. The summed E-state index contributed by atoms with van der Waals surface area (Å²) < 4.78 is 82.4. The number of methoxy groups -OCH3 is 1. The summed E-state index contributed by atoms with van der Waals surface area (Å²) in [7, 11) is 1.13. The monoisotopic (exact) mass is 397 g/mol. The van der Waals surface area contributed by atoms with E-state index in [1.54, 1.807) is 0 Å². The standard InChI is InChI=1S/C17H17F6NO3/c1-27-15(26)10-4-2-3-9(5-10)14(25)24-13-7-11(16(18,19)20)6-12(8-13)17(21,22)23/h2-5,11-13H,6-8H2,1H3,(H,24,25)/t11-,12+,13?. The van der Waals surface area contributed by atoms with E-state index in [0.717, 1.165) is 13.2 Å². The number of nitrogens with one attached hydrogen (secondary N) is 1. The first kappa shape index (κ1) is 21.0. The maximum Gasteiger partial charge on any atom is 0.391 e. The molecule has 0 aliphatic heterocycles. The zero-order valence-electron chi connectivity index (χ0n) is 14.2. The van der Waals surface area contributed by atoms with Crippen molar-refractivity contribution in [3.63, 3.8) is 0 Å². The highest BCUT2D eigenvalue weighted by atomic mass is 19.4. The summed E-state index contributed by atoms with van der Waals surface area (Å²) in [6.45, 7) is 0. The Kier molecular flexibility index (Phi) is 6.06. The average Bonchev–Trinajstić information content (AvgIpc) is 2.59. The summed E-state index contributed by atoms with van der Waals surface area (Å²) in [6.07, 6.45) is -11.9. The molecule has 1 unspecified atom stereocenters. The van der Waals surface area contributed by atoms with Crippen molar-refractivity contribution < 1.29 is 40.7 Å². The van der Waals surface area contributed by atoms with Crippen molar-refractivity contribution in [3.05, 3.63) is 35.4 Å². The van der Waals surface area contributed by atoms with E-state index in [2.05, 4.69) is 10.1 Å². The van der Waals surface area contributed by atoms with Gasteiger partial charge in [-0.25, -0.2) is 4.79 Å². The Bertz CT molecular complexity index is 679. The van der Waals surface area contributed by atoms with Crippen molar-refractivity contribution >= 4 is 11.9 Å². The quantitative estimate of drug-likeness (QED) is 0.617. The second-order valence-electron chi connectivity index (χ2n) is 6.43. The largest absolute Gasteiger partial charge is 0.465 e. The van der Waals surface area contributed by atoms with Crippen LogP contribution < -0.4 is 5.32 Å². The number of halogens is 6. The minimum absolute atomic E-state index is 0.0372. The lowest BCUT2D eigenvalue weighted by molar-refractivity contribution is -0.225. The Morgan fingerprint density at radius 2 is 1.48 bits per heavy atom. The average molecular weight is 397 g/mol. The maximum atomic E-state index is 13.0. The molecule has 2 rings (SSSR count). The van der Waals surface area contributed by atoms with Crippen molar-refractivity contribution in [1.82, 2.24) is 5.32 Å². The fourth-order valence-corrected chi connectivity index (χ4v) is 3.15. The van der Waals surface area contributed by atoms with Crippen LogP contribution in [0.25, 0.3) is 0 Å². The van der Waals surface area contributed by atoms with Gasteiger partial charge in [-0.05, 0) is 37.5 Å². The van der Waals surface area contributed by atoms with Crippen LogP contribution >= 0.6 is 0 Å². The summed E-state index contributed by atoms with van der Waals surface area (Å²) >= 11 is 0. The van der Waals surface area contributed by atoms with Gasteiger partial charge in [0.2, 0.25) is 0 Å². The van der Waals surface area contributed by atoms with Gasteiger partial charge in [-0.2, -0.15) is 26.3 Å². The normalized spacial score (nSPS) is 23.6. The van der Waals surface area contributed by atoms with Crippen LogP contribution in [0.1, 0.15) is 40.0 Å². The highest BCUT2D eigenvalue weighted by Crippen LogP contribution is 2.45. The van der Waals surface area contributed by atoms with Gasteiger partial charge in [0.1, 0.15) is 0 Å². The fraction of sp³-hybridized carbons (Fsp3) is 0.529. The van der Waals surface area contributed by atoms with E-state index in [-0.39, 0.29) is 11.1 Å². The molecular weight excluding hydrogens is 380 g/mol. The molecule has 1 N–H and O–H groups in total. The molecule has 1 amide bonds. The molecule has 0 spiro atoms. The van der Waals surface area contributed by atoms with E-state index in [1.165, 1.54) is 18.2 Å². The van der Waals surface area contributed by atoms with Gasteiger partial charge in [-0.3, -0.25) is 4.79 Å². The van der Waals surface area contributed by atoms with Gasteiger partial charge in [0.05, 0.1) is 24.5 Å². The molecule has 150 valence electrons. The van der Waals surface area contributed by atoms with Crippen molar-refractivity contribution in [2.75, 3.05) is 7.11 Å². The Hall–Kier alpha value is -2.26. The SMILES string of the molecule is COC(=O)c1cccc(C(=O)NC2C[C@@H](C(F)(F)F)C[C@@H](C(F)(F)F)C2)c1. The zero-order chi connectivity index (χ0) is 20.4. The number of ether oxygens (including phenoxy) is 1. The predicted octanol–water partition coefficient (Wildman–Crippen LogP) is 4.11. The molecule has 0 heterocycles. The van der Waals surface area contributed by atoms with Crippen molar-refractivity contribution in [2.24, 2.45) is 11.8 Å². The summed E-state index contributed by atoms with van der Waals surface area (Å²) in [6, 6.07) is 3.90. The minimum Gasteiger partial charge on any atom is -0.465 e. The van der Waals surface area contributed by atoms with Gasteiger partial charge in [0, 0.05) is 11.6 Å². The molecule has 4 nitrogen and oxygen atoms in total. The predicted molar refractivity (Wildman–Crippen MR) is 82.0 cm³/mol. The van der Waals surface area contributed by atoms with Gasteiger partial charge >= 0.3 is 18.3 Å². The van der Waals surface area contributed by atoms with Crippen LogP contribution in [0.2, 0.25) is 0 Å². The van der Waals surface area contributed by atoms with E-state index in [1.807, 2.05) is 0 Å².